The van der Waals surface area contributed by atoms with Crippen LogP contribution in [0.5, 0.6) is 0 Å². The number of benzene rings is 1. The topological polar surface area (TPSA) is 89.3 Å². The van der Waals surface area contributed by atoms with Gasteiger partial charge in [0.1, 0.15) is 16.7 Å². The summed E-state index contributed by atoms with van der Waals surface area (Å²) in [4.78, 5) is 11.9. The molecule has 1 atom stereocenters. The average Bonchev–Trinajstić information content (AvgIpc) is 3.23. The largest absolute Gasteiger partial charge is 0.360 e. The van der Waals surface area contributed by atoms with E-state index < -0.39 is 21.0 Å². The molecule has 1 aliphatic rings. The Morgan fingerprint density at radius 3 is 2.70 bits per heavy atom. The van der Waals surface area contributed by atoms with E-state index in [0.29, 0.717) is 5.69 Å². The normalized spacial score (nSPS) is 16.0. The summed E-state index contributed by atoms with van der Waals surface area (Å²) in [5.41, 5.74) is 1.42. The highest BCUT2D eigenvalue weighted by atomic mass is 32.2. The molecule has 0 aliphatic heterocycles. The molecule has 0 radical (unpaired) electrons. The molecule has 3 rings (SSSR count). The van der Waals surface area contributed by atoms with Gasteiger partial charge in [-0.15, -0.1) is 0 Å². The molecule has 0 bridgehead atoms. The van der Waals surface area contributed by atoms with E-state index in [-0.39, 0.29) is 17.6 Å². The number of sulfone groups is 1. The number of hydrogen-bond donors (Lipinski definition) is 1. The highest BCUT2D eigenvalue weighted by molar-refractivity contribution is 7.92. The summed E-state index contributed by atoms with van der Waals surface area (Å²) in [6.07, 6.45) is 1.84. The van der Waals surface area contributed by atoms with E-state index in [1.807, 2.05) is 30.3 Å². The number of amides is 1. The van der Waals surface area contributed by atoms with Crippen LogP contribution in [0.1, 0.15) is 25.5 Å². The summed E-state index contributed by atoms with van der Waals surface area (Å²) >= 11 is 0. The maximum atomic E-state index is 12.3. The number of carbonyl (C=O) groups excluding carboxylic acids is 1. The van der Waals surface area contributed by atoms with Gasteiger partial charge in [0.2, 0.25) is 5.91 Å². The molecule has 23 heavy (non-hydrogen) atoms. The molecule has 7 heteroatoms. The van der Waals surface area contributed by atoms with Gasteiger partial charge < -0.3 is 9.84 Å². The fourth-order valence-corrected chi connectivity index (χ4v) is 3.34. The third-order valence-electron chi connectivity index (χ3n) is 3.80. The summed E-state index contributed by atoms with van der Waals surface area (Å²) in [6.45, 7) is 1.40. The van der Waals surface area contributed by atoms with Crippen LogP contribution in [0.25, 0.3) is 11.3 Å². The minimum absolute atomic E-state index is 0.134. The Kier molecular flexibility index (Phi) is 4.21. The van der Waals surface area contributed by atoms with E-state index >= 15 is 0 Å². The van der Waals surface area contributed by atoms with Gasteiger partial charge in [0.05, 0.1) is 0 Å². The number of rotatable bonds is 6. The predicted octanol–water partition coefficient (Wildman–Crippen LogP) is 1.92. The van der Waals surface area contributed by atoms with E-state index in [1.165, 1.54) is 6.92 Å². The van der Waals surface area contributed by atoms with Gasteiger partial charge in [-0.05, 0) is 19.8 Å². The van der Waals surface area contributed by atoms with Crippen molar-refractivity contribution < 1.29 is 17.7 Å². The second-order valence-electron chi connectivity index (χ2n) is 5.78. The van der Waals surface area contributed by atoms with Crippen LogP contribution < -0.4 is 5.32 Å². The SMILES string of the molecule is C[C@H](C(=O)NC1CC1)S(=O)(=O)Cc1cc(-c2ccccc2)no1. The predicted molar refractivity (Wildman–Crippen MR) is 85.2 cm³/mol. The smallest absolute Gasteiger partial charge is 0.238 e. The molecule has 0 unspecified atom stereocenters. The fraction of sp³-hybridized carbons (Fsp3) is 0.375. The zero-order valence-electron chi connectivity index (χ0n) is 12.7. The molecule has 2 aromatic rings. The van der Waals surface area contributed by atoms with Crippen molar-refractivity contribution >= 4 is 15.7 Å². The number of nitrogens with one attached hydrogen (secondary N) is 1. The highest BCUT2D eigenvalue weighted by Crippen LogP contribution is 2.22. The van der Waals surface area contributed by atoms with Gasteiger partial charge in [0, 0.05) is 17.7 Å². The van der Waals surface area contributed by atoms with Crippen molar-refractivity contribution in [3.63, 3.8) is 0 Å². The lowest BCUT2D eigenvalue weighted by atomic mass is 10.1. The molecule has 1 fully saturated rings. The first kappa shape index (κ1) is 15.7. The Balaban J connectivity index is 1.70. The summed E-state index contributed by atoms with van der Waals surface area (Å²) in [5, 5.41) is 5.50. The zero-order chi connectivity index (χ0) is 16.4. The molecular formula is C16H18N2O4S. The molecule has 1 heterocycles. The fourth-order valence-electron chi connectivity index (χ4n) is 2.16. The molecule has 122 valence electrons. The summed E-state index contributed by atoms with van der Waals surface area (Å²) in [7, 11) is -3.65. The molecule has 6 nitrogen and oxygen atoms in total. The monoisotopic (exact) mass is 334 g/mol. The first-order valence-corrected chi connectivity index (χ1v) is 9.20. The second-order valence-corrected chi connectivity index (χ2v) is 8.10. The molecule has 1 aliphatic carbocycles. The van der Waals surface area contributed by atoms with Crippen molar-refractivity contribution in [2.24, 2.45) is 0 Å². The van der Waals surface area contributed by atoms with Crippen molar-refractivity contribution in [3.8, 4) is 11.3 Å². The van der Waals surface area contributed by atoms with Gasteiger partial charge in [0.15, 0.2) is 15.6 Å². The molecule has 0 spiro atoms. The summed E-state index contributed by atoms with van der Waals surface area (Å²) in [6, 6.07) is 11.1. The maximum Gasteiger partial charge on any atom is 0.238 e. The van der Waals surface area contributed by atoms with Gasteiger partial charge in [-0.1, -0.05) is 35.5 Å². The lowest BCUT2D eigenvalue weighted by Crippen LogP contribution is -2.39. The third-order valence-corrected chi connectivity index (χ3v) is 5.78. The highest BCUT2D eigenvalue weighted by Gasteiger charge is 2.33. The van der Waals surface area contributed by atoms with E-state index in [2.05, 4.69) is 10.5 Å². The first-order chi connectivity index (χ1) is 11.0. The molecule has 1 amide bonds. The Hall–Kier alpha value is -2.15. The molecule has 1 aromatic heterocycles. The van der Waals surface area contributed by atoms with Gasteiger partial charge >= 0.3 is 0 Å². The van der Waals surface area contributed by atoms with Crippen LogP contribution in [0.3, 0.4) is 0 Å². The van der Waals surface area contributed by atoms with Crippen LogP contribution in [0, 0.1) is 0 Å². The molecule has 1 N–H and O–H groups in total. The van der Waals surface area contributed by atoms with Crippen LogP contribution in [-0.4, -0.2) is 30.8 Å². The van der Waals surface area contributed by atoms with Crippen LogP contribution in [0.4, 0.5) is 0 Å². The van der Waals surface area contributed by atoms with Crippen molar-refractivity contribution in [1.29, 1.82) is 0 Å². The Morgan fingerprint density at radius 2 is 2.04 bits per heavy atom. The Bertz CT molecular complexity index is 794. The number of nitrogens with zero attached hydrogens (tertiary/aromatic N) is 1. The number of aromatic nitrogens is 1. The van der Waals surface area contributed by atoms with Crippen molar-refractivity contribution in [2.75, 3.05) is 0 Å². The van der Waals surface area contributed by atoms with E-state index in [4.69, 9.17) is 4.52 Å². The molecule has 1 saturated carbocycles. The van der Waals surface area contributed by atoms with Gasteiger partial charge in [-0.3, -0.25) is 4.79 Å². The Labute approximate surface area is 134 Å². The van der Waals surface area contributed by atoms with Gasteiger partial charge in [-0.2, -0.15) is 0 Å². The number of hydrogen-bond acceptors (Lipinski definition) is 5. The van der Waals surface area contributed by atoms with E-state index in [1.54, 1.807) is 6.07 Å². The van der Waals surface area contributed by atoms with Crippen molar-refractivity contribution in [2.45, 2.75) is 36.8 Å². The second kappa shape index (κ2) is 6.16. The summed E-state index contributed by atoms with van der Waals surface area (Å²) in [5.74, 6) is -0.559. The quantitative estimate of drug-likeness (QED) is 0.872. The molecule has 1 aromatic carbocycles. The first-order valence-electron chi connectivity index (χ1n) is 7.48. The van der Waals surface area contributed by atoms with Crippen LogP contribution in [0.2, 0.25) is 0 Å². The van der Waals surface area contributed by atoms with Crippen molar-refractivity contribution in [3.05, 3.63) is 42.2 Å². The minimum Gasteiger partial charge on any atom is -0.360 e. The molecular weight excluding hydrogens is 316 g/mol. The van der Waals surface area contributed by atoms with Crippen molar-refractivity contribution in [1.82, 2.24) is 10.5 Å². The van der Waals surface area contributed by atoms with Crippen LogP contribution in [-0.2, 0) is 20.4 Å². The molecule has 0 saturated heterocycles. The number of carbonyl (C=O) groups is 1. The average molecular weight is 334 g/mol. The zero-order valence-corrected chi connectivity index (χ0v) is 13.5. The Morgan fingerprint density at radius 1 is 1.35 bits per heavy atom. The lowest BCUT2D eigenvalue weighted by Gasteiger charge is -2.11. The minimum atomic E-state index is -3.65. The van der Waals surface area contributed by atoms with Gasteiger partial charge in [-0.25, -0.2) is 8.42 Å². The van der Waals surface area contributed by atoms with Crippen LogP contribution >= 0.6 is 0 Å². The van der Waals surface area contributed by atoms with E-state index in [0.717, 1.165) is 18.4 Å². The standard InChI is InChI=1S/C16H18N2O4S/c1-11(16(19)17-13-7-8-13)23(20,21)10-14-9-15(18-22-14)12-5-3-2-4-6-12/h2-6,9,11,13H,7-8,10H2,1H3,(H,17,19)/t11-/m1/s1. The maximum absolute atomic E-state index is 12.3. The summed E-state index contributed by atoms with van der Waals surface area (Å²) < 4.78 is 29.8. The van der Waals surface area contributed by atoms with E-state index in [9.17, 15) is 13.2 Å². The lowest BCUT2D eigenvalue weighted by molar-refractivity contribution is -0.120. The van der Waals surface area contributed by atoms with Gasteiger partial charge in [0.25, 0.3) is 0 Å². The third kappa shape index (κ3) is 3.79. The van der Waals surface area contributed by atoms with Crippen LogP contribution in [0.15, 0.2) is 40.9 Å².